The minimum Gasteiger partial charge on any atom is -0.298 e. The number of hydrogen-bond donors (Lipinski definition) is 0. The number of rotatable bonds is 7. The van der Waals surface area contributed by atoms with Gasteiger partial charge >= 0.3 is 0 Å². The Kier molecular flexibility index (Phi) is 6.34. The van der Waals surface area contributed by atoms with Crippen molar-refractivity contribution in [1.82, 2.24) is 4.90 Å². The van der Waals surface area contributed by atoms with Gasteiger partial charge in [0.15, 0.2) is 0 Å². The Labute approximate surface area is 177 Å². The Balaban J connectivity index is 1.66. The van der Waals surface area contributed by atoms with Crippen molar-refractivity contribution in [3.05, 3.63) is 35.4 Å². The molecule has 1 aromatic rings. The van der Waals surface area contributed by atoms with Gasteiger partial charge in [-0.15, -0.1) is 0 Å². The van der Waals surface area contributed by atoms with Crippen molar-refractivity contribution >= 4 is 29.1 Å². The van der Waals surface area contributed by atoms with E-state index in [2.05, 4.69) is 0 Å². The summed E-state index contributed by atoms with van der Waals surface area (Å²) < 4.78 is 0. The molecule has 1 unspecified atom stereocenters. The largest absolute Gasteiger partial charge is 0.298 e. The van der Waals surface area contributed by atoms with Crippen LogP contribution in [0.3, 0.4) is 0 Å². The standard InChI is InChI=1S/C24H30N2O4/c1-5-15(2)25-18-13-24(3,4)14-20(28)21(18)19(27)11-8-12-26-22(29)16-9-6-7-10-17(16)23(26)30/h6-7,9-10,15,21H,5,8,11-14H2,1-4H3/t15-,21?/m1/s1. The molecule has 1 fully saturated rings. The number of fused-ring (bicyclic) bond motifs is 1. The molecule has 0 bridgehead atoms. The van der Waals surface area contributed by atoms with E-state index in [9.17, 15) is 19.2 Å². The molecule has 1 aromatic carbocycles. The third-order valence-corrected chi connectivity index (χ3v) is 5.95. The Bertz CT molecular complexity index is 881. The van der Waals surface area contributed by atoms with E-state index < -0.39 is 5.92 Å². The van der Waals surface area contributed by atoms with Gasteiger partial charge in [-0.3, -0.25) is 29.1 Å². The highest BCUT2D eigenvalue weighted by Gasteiger charge is 2.42. The second-order valence-electron chi connectivity index (χ2n) is 9.17. The molecule has 6 heteroatoms. The van der Waals surface area contributed by atoms with Gasteiger partial charge in [-0.1, -0.05) is 32.9 Å². The number of ketones is 2. The van der Waals surface area contributed by atoms with Crippen molar-refractivity contribution in [3.8, 4) is 0 Å². The van der Waals surface area contributed by atoms with Crippen molar-refractivity contribution in [3.63, 3.8) is 0 Å². The molecular formula is C24H30N2O4. The maximum atomic E-state index is 13.0. The normalized spacial score (nSPS) is 23.1. The number of aliphatic imine (C=N–C) groups is 1. The lowest BCUT2D eigenvalue weighted by Gasteiger charge is -2.34. The fourth-order valence-corrected chi connectivity index (χ4v) is 4.27. The Morgan fingerprint density at radius 2 is 1.73 bits per heavy atom. The fourth-order valence-electron chi connectivity index (χ4n) is 4.27. The second-order valence-corrected chi connectivity index (χ2v) is 9.17. The minimum atomic E-state index is -0.783. The van der Waals surface area contributed by atoms with Crippen molar-refractivity contribution in [1.29, 1.82) is 0 Å². The molecule has 1 saturated carbocycles. The number of hydrogen-bond acceptors (Lipinski definition) is 5. The molecule has 3 rings (SSSR count). The first-order valence-electron chi connectivity index (χ1n) is 10.7. The highest BCUT2D eigenvalue weighted by Crippen LogP contribution is 2.36. The van der Waals surface area contributed by atoms with E-state index in [4.69, 9.17) is 4.99 Å². The first-order valence-corrected chi connectivity index (χ1v) is 10.7. The summed E-state index contributed by atoms with van der Waals surface area (Å²) in [6, 6.07) is 6.80. The lowest BCUT2D eigenvalue weighted by atomic mass is 9.69. The van der Waals surface area contributed by atoms with Gasteiger partial charge in [-0.25, -0.2) is 0 Å². The molecule has 0 saturated heterocycles. The zero-order valence-electron chi connectivity index (χ0n) is 18.2. The van der Waals surface area contributed by atoms with E-state index in [-0.39, 0.29) is 47.8 Å². The van der Waals surface area contributed by atoms with E-state index >= 15 is 0 Å². The van der Waals surface area contributed by atoms with Crippen LogP contribution < -0.4 is 0 Å². The first kappa shape index (κ1) is 22.1. The summed E-state index contributed by atoms with van der Waals surface area (Å²) in [5.74, 6) is -1.66. The molecule has 1 aliphatic carbocycles. The van der Waals surface area contributed by atoms with E-state index in [0.29, 0.717) is 36.1 Å². The average Bonchev–Trinajstić information content (AvgIpc) is 2.91. The van der Waals surface area contributed by atoms with Crippen LogP contribution >= 0.6 is 0 Å². The summed E-state index contributed by atoms with van der Waals surface area (Å²) >= 11 is 0. The fraction of sp³-hybridized carbons (Fsp3) is 0.542. The van der Waals surface area contributed by atoms with Gasteiger partial charge in [-0.05, 0) is 43.7 Å². The predicted octanol–water partition coefficient (Wildman–Crippen LogP) is 3.88. The van der Waals surface area contributed by atoms with Crippen LogP contribution in [0.15, 0.2) is 29.3 Å². The molecule has 6 nitrogen and oxygen atoms in total. The van der Waals surface area contributed by atoms with Crippen molar-refractivity contribution in [2.75, 3.05) is 6.54 Å². The molecule has 0 N–H and O–H groups in total. The number of nitrogens with zero attached hydrogens (tertiary/aromatic N) is 2. The summed E-state index contributed by atoms with van der Waals surface area (Å²) in [7, 11) is 0. The molecule has 1 aliphatic heterocycles. The van der Waals surface area contributed by atoms with E-state index in [0.717, 1.165) is 6.42 Å². The van der Waals surface area contributed by atoms with Gasteiger partial charge in [-0.2, -0.15) is 0 Å². The number of carbonyl (C=O) groups is 4. The molecule has 1 heterocycles. The highest BCUT2D eigenvalue weighted by molar-refractivity contribution is 6.23. The summed E-state index contributed by atoms with van der Waals surface area (Å²) in [4.78, 5) is 56.6. The maximum absolute atomic E-state index is 13.0. The molecule has 160 valence electrons. The third kappa shape index (κ3) is 4.42. The van der Waals surface area contributed by atoms with Gasteiger partial charge < -0.3 is 0 Å². The van der Waals surface area contributed by atoms with Crippen molar-refractivity contribution in [2.45, 2.75) is 65.8 Å². The molecule has 2 aliphatic rings. The quantitative estimate of drug-likeness (QED) is 0.504. The Hall–Kier alpha value is -2.63. The smallest absolute Gasteiger partial charge is 0.261 e. The summed E-state index contributed by atoms with van der Waals surface area (Å²) in [5.41, 5.74) is 1.31. The molecule has 0 spiro atoms. The number of imide groups is 1. The summed E-state index contributed by atoms with van der Waals surface area (Å²) in [6.45, 7) is 8.24. The monoisotopic (exact) mass is 410 g/mol. The highest BCUT2D eigenvalue weighted by atomic mass is 16.2. The lowest BCUT2D eigenvalue weighted by molar-refractivity contribution is -0.132. The number of amides is 2. The summed E-state index contributed by atoms with van der Waals surface area (Å²) in [5, 5.41) is 0. The molecule has 30 heavy (non-hydrogen) atoms. The van der Waals surface area contributed by atoms with Gasteiger partial charge in [0.05, 0.1) is 11.1 Å². The topological polar surface area (TPSA) is 83.9 Å². The lowest BCUT2D eigenvalue weighted by Crippen LogP contribution is -2.42. The van der Waals surface area contributed by atoms with Crippen LogP contribution in [-0.2, 0) is 9.59 Å². The zero-order valence-corrected chi connectivity index (χ0v) is 18.2. The van der Waals surface area contributed by atoms with E-state index in [1.807, 2.05) is 27.7 Å². The number of carbonyl (C=O) groups excluding carboxylic acids is 4. The number of benzene rings is 1. The van der Waals surface area contributed by atoms with Gasteiger partial charge in [0.2, 0.25) is 0 Å². The summed E-state index contributed by atoms with van der Waals surface area (Å²) in [6.07, 6.45) is 2.33. The molecule has 2 amide bonds. The molecule has 0 radical (unpaired) electrons. The van der Waals surface area contributed by atoms with Crippen molar-refractivity contribution < 1.29 is 19.2 Å². The molecule has 2 atom stereocenters. The van der Waals surface area contributed by atoms with E-state index in [1.54, 1.807) is 24.3 Å². The molecule has 0 aromatic heterocycles. The van der Waals surface area contributed by atoms with Crippen LogP contribution in [0.5, 0.6) is 0 Å². The third-order valence-electron chi connectivity index (χ3n) is 5.95. The van der Waals surface area contributed by atoms with Gasteiger partial charge in [0.25, 0.3) is 11.8 Å². The van der Waals surface area contributed by atoms with Crippen LogP contribution in [0.4, 0.5) is 0 Å². The van der Waals surface area contributed by atoms with Crippen LogP contribution in [0, 0.1) is 11.3 Å². The Morgan fingerprint density at radius 3 is 2.30 bits per heavy atom. The minimum absolute atomic E-state index is 0.0651. The number of Topliss-reactive ketones (excluding diaryl/α,β-unsaturated/α-hetero) is 2. The van der Waals surface area contributed by atoms with Gasteiger partial charge in [0, 0.05) is 31.1 Å². The van der Waals surface area contributed by atoms with E-state index in [1.165, 1.54) is 4.90 Å². The van der Waals surface area contributed by atoms with Crippen LogP contribution in [0.1, 0.15) is 80.5 Å². The maximum Gasteiger partial charge on any atom is 0.261 e. The average molecular weight is 411 g/mol. The SMILES string of the molecule is CC[C@@H](C)N=C1CC(C)(C)CC(=O)C1C(=O)CCCN1C(=O)c2ccccc2C1=O. The van der Waals surface area contributed by atoms with Crippen molar-refractivity contribution in [2.24, 2.45) is 16.3 Å². The van der Waals surface area contributed by atoms with Gasteiger partial charge in [0.1, 0.15) is 17.5 Å². The predicted molar refractivity (Wildman–Crippen MR) is 115 cm³/mol. The zero-order chi connectivity index (χ0) is 22.1. The molecular weight excluding hydrogens is 380 g/mol. The van der Waals surface area contributed by atoms with Crippen LogP contribution in [0.2, 0.25) is 0 Å². The second kappa shape index (κ2) is 8.62. The first-order chi connectivity index (χ1) is 14.1. The van der Waals surface area contributed by atoms with Crippen LogP contribution in [-0.4, -0.2) is 46.6 Å². The van der Waals surface area contributed by atoms with Crippen LogP contribution in [0.25, 0.3) is 0 Å². The Morgan fingerprint density at radius 1 is 1.13 bits per heavy atom.